The summed E-state index contributed by atoms with van der Waals surface area (Å²) in [6, 6.07) is -0.0504. The molecule has 1 fully saturated rings. The average Bonchev–Trinajstić information content (AvgIpc) is 2.42. The van der Waals surface area contributed by atoms with E-state index in [1.165, 1.54) is 4.31 Å². The van der Waals surface area contributed by atoms with Gasteiger partial charge >= 0.3 is 0 Å². The Morgan fingerprint density at radius 2 is 2.10 bits per heavy atom. The fourth-order valence-corrected chi connectivity index (χ4v) is 3.88. The summed E-state index contributed by atoms with van der Waals surface area (Å²) in [5, 5.41) is 0. The molecule has 0 aliphatic carbocycles. The van der Waals surface area contributed by atoms with Crippen molar-refractivity contribution in [3.63, 3.8) is 0 Å². The Morgan fingerprint density at radius 1 is 1.35 bits per heavy atom. The van der Waals surface area contributed by atoms with Gasteiger partial charge in [-0.25, -0.2) is 4.72 Å². The lowest BCUT2D eigenvalue weighted by Gasteiger charge is -2.33. The molecule has 1 unspecified atom stereocenters. The van der Waals surface area contributed by atoms with Crippen LogP contribution in [0.15, 0.2) is 0 Å². The monoisotopic (exact) mass is 307 g/mol. The summed E-state index contributed by atoms with van der Waals surface area (Å²) in [4.78, 5) is 0. The lowest BCUT2D eigenvalue weighted by atomic mass is 10.1. The third-order valence-electron chi connectivity index (χ3n) is 3.46. The van der Waals surface area contributed by atoms with Crippen LogP contribution in [0.3, 0.4) is 0 Å². The zero-order valence-corrected chi connectivity index (χ0v) is 13.5. The lowest BCUT2D eigenvalue weighted by molar-refractivity contribution is 0.0762. The SMILES string of the molecule is CC(C)OCCCCNS(=O)(=O)N1CCCCC1CN. The number of nitrogens with zero attached hydrogens (tertiary/aromatic N) is 1. The first-order valence-electron chi connectivity index (χ1n) is 7.55. The molecule has 1 rings (SSSR count). The quantitative estimate of drug-likeness (QED) is 0.618. The van der Waals surface area contributed by atoms with Crippen molar-refractivity contribution >= 4 is 10.2 Å². The van der Waals surface area contributed by atoms with Crippen LogP contribution >= 0.6 is 0 Å². The molecule has 1 heterocycles. The Labute approximate surface area is 123 Å². The Bertz CT molecular complexity index is 360. The summed E-state index contributed by atoms with van der Waals surface area (Å²) in [6.07, 6.45) is 4.71. The van der Waals surface area contributed by atoms with Crippen molar-refractivity contribution in [1.82, 2.24) is 9.03 Å². The van der Waals surface area contributed by atoms with E-state index in [0.29, 0.717) is 26.2 Å². The number of nitrogens with one attached hydrogen (secondary N) is 1. The third-order valence-corrected chi connectivity index (χ3v) is 5.13. The number of rotatable bonds is 9. The molecule has 1 aliphatic rings. The van der Waals surface area contributed by atoms with E-state index in [1.54, 1.807) is 0 Å². The molecule has 1 atom stereocenters. The normalized spacial score (nSPS) is 21.5. The third kappa shape index (κ3) is 6.05. The number of ether oxygens (including phenoxy) is 1. The first-order valence-corrected chi connectivity index (χ1v) is 8.99. The Kier molecular flexibility index (Phi) is 7.98. The van der Waals surface area contributed by atoms with Gasteiger partial charge in [-0.05, 0) is 39.5 Å². The molecule has 0 aromatic rings. The minimum atomic E-state index is -3.39. The van der Waals surface area contributed by atoms with Gasteiger partial charge in [-0.15, -0.1) is 0 Å². The number of nitrogens with two attached hydrogens (primary N) is 1. The van der Waals surface area contributed by atoms with Crippen molar-refractivity contribution in [1.29, 1.82) is 0 Å². The van der Waals surface area contributed by atoms with Crippen LogP contribution in [0.4, 0.5) is 0 Å². The number of hydrogen-bond acceptors (Lipinski definition) is 4. The average molecular weight is 307 g/mol. The van der Waals surface area contributed by atoms with Gasteiger partial charge in [0.15, 0.2) is 0 Å². The van der Waals surface area contributed by atoms with E-state index in [-0.39, 0.29) is 12.1 Å². The van der Waals surface area contributed by atoms with Crippen LogP contribution in [-0.2, 0) is 14.9 Å². The van der Waals surface area contributed by atoms with Crippen molar-refractivity contribution in [2.24, 2.45) is 5.73 Å². The van der Waals surface area contributed by atoms with Crippen LogP contribution in [0.5, 0.6) is 0 Å². The largest absolute Gasteiger partial charge is 0.379 e. The molecule has 6 nitrogen and oxygen atoms in total. The van der Waals surface area contributed by atoms with E-state index >= 15 is 0 Å². The summed E-state index contributed by atoms with van der Waals surface area (Å²) in [6.45, 7) is 6.08. The van der Waals surface area contributed by atoms with Crippen LogP contribution in [0, 0.1) is 0 Å². The van der Waals surface area contributed by atoms with Crippen LogP contribution < -0.4 is 10.5 Å². The van der Waals surface area contributed by atoms with Gasteiger partial charge < -0.3 is 10.5 Å². The summed E-state index contributed by atoms with van der Waals surface area (Å²) in [5.74, 6) is 0. The van der Waals surface area contributed by atoms with E-state index in [4.69, 9.17) is 10.5 Å². The molecule has 0 spiro atoms. The van der Waals surface area contributed by atoms with Crippen LogP contribution in [0.25, 0.3) is 0 Å². The predicted octanol–water partition coefficient (Wildman–Crippen LogP) is 0.839. The molecule has 1 saturated heterocycles. The molecule has 0 radical (unpaired) electrons. The minimum Gasteiger partial charge on any atom is -0.379 e. The molecule has 0 saturated carbocycles. The number of hydrogen-bond donors (Lipinski definition) is 2. The fraction of sp³-hybridized carbons (Fsp3) is 1.00. The van der Waals surface area contributed by atoms with Crippen LogP contribution in [0.1, 0.15) is 46.0 Å². The van der Waals surface area contributed by atoms with Gasteiger partial charge in [-0.1, -0.05) is 6.42 Å². The molecular weight excluding hydrogens is 278 g/mol. The second-order valence-corrected chi connectivity index (χ2v) is 7.23. The number of piperidine rings is 1. The molecule has 0 amide bonds. The highest BCUT2D eigenvalue weighted by Gasteiger charge is 2.30. The molecule has 0 aromatic heterocycles. The highest BCUT2D eigenvalue weighted by Crippen LogP contribution is 2.18. The fourth-order valence-electron chi connectivity index (χ4n) is 2.36. The van der Waals surface area contributed by atoms with Gasteiger partial charge in [0, 0.05) is 32.3 Å². The summed E-state index contributed by atoms with van der Waals surface area (Å²) in [7, 11) is -3.39. The second kappa shape index (κ2) is 8.94. The summed E-state index contributed by atoms with van der Waals surface area (Å²) >= 11 is 0. The maximum Gasteiger partial charge on any atom is 0.279 e. The molecular formula is C13H29N3O3S. The van der Waals surface area contributed by atoms with Gasteiger partial charge in [-0.3, -0.25) is 0 Å². The number of unbranched alkanes of at least 4 members (excludes halogenated alkanes) is 1. The molecule has 7 heteroatoms. The molecule has 0 bridgehead atoms. The second-order valence-electron chi connectivity index (χ2n) is 5.52. The van der Waals surface area contributed by atoms with Crippen molar-refractivity contribution in [2.45, 2.75) is 58.1 Å². The summed E-state index contributed by atoms with van der Waals surface area (Å²) in [5.41, 5.74) is 5.66. The first kappa shape index (κ1) is 17.8. The minimum absolute atomic E-state index is 0.0504. The standard InChI is InChI=1S/C13H29N3O3S/c1-12(2)19-10-6-4-8-15-20(17,18)16-9-5-3-7-13(16)11-14/h12-13,15H,3-11,14H2,1-2H3. The summed E-state index contributed by atoms with van der Waals surface area (Å²) < 4.78 is 34.1. The van der Waals surface area contributed by atoms with E-state index < -0.39 is 10.2 Å². The molecule has 120 valence electrons. The van der Waals surface area contributed by atoms with E-state index in [2.05, 4.69) is 4.72 Å². The molecule has 20 heavy (non-hydrogen) atoms. The van der Waals surface area contributed by atoms with Crippen molar-refractivity contribution in [3.8, 4) is 0 Å². The van der Waals surface area contributed by atoms with E-state index in [1.807, 2.05) is 13.8 Å². The Balaban J connectivity index is 2.30. The topological polar surface area (TPSA) is 84.7 Å². The van der Waals surface area contributed by atoms with Gasteiger partial charge in [0.1, 0.15) is 0 Å². The Hall–Kier alpha value is -0.210. The van der Waals surface area contributed by atoms with Crippen molar-refractivity contribution in [2.75, 3.05) is 26.2 Å². The van der Waals surface area contributed by atoms with E-state index in [9.17, 15) is 8.42 Å². The lowest BCUT2D eigenvalue weighted by Crippen LogP contribution is -2.51. The maximum absolute atomic E-state index is 12.2. The molecule has 1 aliphatic heterocycles. The zero-order chi connectivity index (χ0) is 15.0. The highest BCUT2D eigenvalue weighted by atomic mass is 32.2. The predicted molar refractivity (Wildman–Crippen MR) is 80.6 cm³/mol. The smallest absolute Gasteiger partial charge is 0.279 e. The van der Waals surface area contributed by atoms with Crippen LogP contribution in [-0.4, -0.2) is 51.1 Å². The zero-order valence-electron chi connectivity index (χ0n) is 12.7. The maximum atomic E-state index is 12.2. The first-order chi connectivity index (χ1) is 9.47. The molecule has 3 N–H and O–H groups in total. The van der Waals surface area contributed by atoms with Gasteiger partial charge in [-0.2, -0.15) is 12.7 Å². The van der Waals surface area contributed by atoms with Gasteiger partial charge in [0.2, 0.25) is 0 Å². The van der Waals surface area contributed by atoms with Gasteiger partial charge in [0.05, 0.1) is 6.10 Å². The highest BCUT2D eigenvalue weighted by molar-refractivity contribution is 7.87. The van der Waals surface area contributed by atoms with Crippen LogP contribution in [0.2, 0.25) is 0 Å². The molecule has 0 aromatic carbocycles. The van der Waals surface area contributed by atoms with Gasteiger partial charge in [0.25, 0.3) is 10.2 Å². The van der Waals surface area contributed by atoms with E-state index in [0.717, 1.165) is 32.1 Å². The Morgan fingerprint density at radius 3 is 2.75 bits per heavy atom. The van der Waals surface area contributed by atoms with Crippen molar-refractivity contribution in [3.05, 3.63) is 0 Å². The van der Waals surface area contributed by atoms with Crippen molar-refractivity contribution < 1.29 is 13.2 Å².